The Morgan fingerprint density at radius 1 is 1.46 bits per heavy atom. The molecule has 0 radical (unpaired) electrons. The summed E-state index contributed by atoms with van der Waals surface area (Å²) in [5.41, 5.74) is 1.42. The van der Waals surface area contributed by atoms with Crippen LogP contribution in [0.3, 0.4) is 0 Å². The molecule has 13 heavy (non-hydrogen) atoms. The summed E-state index contributed by atoms with van der Waals surface area (Å²) >= 11 is 0. The standard InChI is InChI=1S/C11H16O2/c12-7-8-1-2-10-6-11(13)4-3-9(10)5-8/h3,7-8,10-11,13H,1-2,4-6H2. The second kappa shape index (κ2) is 3.62. The zero-order valence-electron chi connectivity index (χ0n) is 7.78. The van der Waals surface area contributed by atoms with E-state index < -0.39 is 0 Å². The predicted octanol–water partition coefficient (Wildman–Crippen LogP) is 1.68. The molecule has 2 rings (SSSR count). The van der Waals surface area contributed by atoms with Gasteiger partial charge in [0.25, 0.3) is 0 Å². The number of aldehydes is 1. The number of hydrogen-bond donors (Lipinski definition) is 1. The number of aliphatic hydroxyl groups is 1. The van der Waals surface area contributed by atoms with Crippen LogP contribution in [0.5, 0.6) is 0 Å². The van der Waals surface area contributed by atoms with Gasteiger partial charge in [0.15, 0.2) is 0 Å². The van der Waals surface area contributed by atoms with Crippen molar-refractivity contribution in [1.82, 2.24) is 0 Å². The molecule has 72 valence electrons. The minimum Gasteiger partial charge on any atom is -0.393 e. The van der Waals surface area contributed by atoms with E-state index in [2.05, 4.69) is 6.08 Å². The molecule has 1 fully saturated rings. The first-order chi connectivity index (χ1) is 6.29. The lowest BCUT2D eigenvalue weighted by molar-refractivity contribution is -0.111. The van der Waals surface area contributed by atoms with Crippen LogP contribution in [0.15, 0.2) is 11.6 Å². The fourth-order valence-corrected chi connectivity index (χ4v) is 2.52. The van der Waals surface area contributed by atoms with Crippen LogP contribution in [0.4, 0.5) is 0 Å². The highest BCUT2D eigenvalue weighted by atomic mass is 16.3. The third-order valence-corrected chi connectivity index (χ3v) is 3.31. The first kappa shape index (κ1) is 8.95. The number of rotatable bonds is 1. The third kappa shape index (κ3) is 1.83. The molecule has 0 aromatic heterocycles. The van der Waals surface area contributed by atoms with Gasteiger partial charge in [-0.25, -0.2) is 0 Å². The molecule has 3 atom stereocenters. The van der Waals surface area contributed by atoms with E-state index in [1.807, 2.05) is 0 Å². The van der Waals surface area contributed by atoms with Gasteiger partial charge in [-0.3, -0.25) is 0 Å². The minimum atomic E-state index is -0.137. The van der Waals surface area contributed by atoms with Crippen LogP contribution in [0, 0.1) is 11.8 Å². The van der Waals surface area contributed by atoms with Crippen molar-refractivity contribution in [3.05, 3.63) is 11.6 Å². The fourth-order valence-electron chi connectivity index (χ4n) is 2.52. The summed E-state index contributed by atoms with van der Waals surface area (Å²) in [4.78, 5) is 10.6. The van der Waals surface area contributed by atoms with E-state index in [0.717, 1.165) is 38.4 Å². The van der Waals surface area contributed by atoms with Gasteiger partial charge in [-0.15, -0.1) is 0 Å². The minimum absolute atomic E-state index is 0.137. The molecule has 0 heterocycles. The van der Waals surface area contributed by atoms with Gasteiger partial charge in [-0.1, -0.05) is 11.6 Å². The predicted molar refractivity (Wildman–Crippen MR) is 50.2 cm³/mol. The topological polar surface area (TPSA) is 37.3 Å². The van der Waals surface area contributed by atoms with Crippen molar-refractivity contribution in [2.45, 2.75) is 38.2 Å². The maximum atomic E-state index is 10.6. The molecule has 1 saturated carbocycles. The van der Waals surface area contributed by atoms with Crippen LogP contribution < -0.4 is 0 Å². The molecule has 0 aromatic carbocycles. The van der Waals surface area contributed by atoms with Gasteiger partial charge in [0.2, 0.25) is 0 Å². The number of carbonyl (C=O) groups is 1. The number of allylic oxidation sites excluding steroid dienone is 1. The molecule has 2 aliphatic rings. The van der Waals surface area contributed by atoms with Crippen LogP contribution in [0.1, 0.15) is 32.1 Å². The summed E-state index contributed by atoms with van der Waals surface area (Å²) in [7, 11) is 0. The Labute approximate surface area is 78.6 Å². The molecule has 0 saturated heterocycles. The second-order valence-electron chi connectivity index (χ2n) is 4.28. The molecule has 2 nitrogen and oxygen atoms in total. The smallest absolute Gasteiger partial charge is 0.123 e. The SMILES string of the molecule is O=CC1CCC2CC(O)CC=C2C1. The first-order valence-electron chi connectivity index (χ1n) is 5.12. The highest BCUT2D eigenvalue weighted by molar-refractivity contribution is 5.54. The largest absolute Gasteiger partial charge is 0.393 e. The van der Waals surface area contributed by atoms with Crippen LogP contribution in [-0.4, -0.2) is 17.5 Å². The van der Waals surface area contributed by atoms with Gasteiger partial charge in [0, 0.05) is 5.92 Å². The Kier molecular flexibility index (Phi) is 2.49. The Hall–Kier alpha value is -0.630. The number of fused-ring (bicyclic) bond motifs is 1. The van der Waals surface area contributed by atoms with Gasteiger partial charge in [-0.2, -0.15) is 0 Å². The van der Waals surface area contributed by atoms with Crippen LogP contribution >= 0.6 is 0 Å². The summed E-state index contributed by atoms with van der Waals surface area (Å²) < 4.78 is 0. The van der Waals surface area contributed by atoms with Crippen molar-refractivity contribution in [1.29, 1.82) is 0 Å². The molecule has 0 aromatic rings. The summed E-state index contributed by atoms with van der Waals surface area (Å²) in [6, 6.07) is 0. The van der Waals surface area contributed by atoms with Crippen molar-refractivity contribution in [2.75, 3.05) is 0 Å². The van der Waals surface area contributed by atoms with Crippen molar-refractivity contribution >= 4 is 6.29 Å². The Bertz CT molecular complexity index is 232. The van der Waals surface area contributed by atoms with Crippen LogP contribution in [0.2, 0.25) is 0 Å². The number of carbonyl (C=O) groups excluding carboxylic acids is 1. The van der Waals surface area contributed by atoms with E-state index in [1.54, 1.807) is 0 Å². The molecule has 1 N–H and O–H groups in total. The van der Waals surface area contributed by atoms with Crippen molar-refractivity contribution in [3.8, 4) is 0 Å². The van der Waals surface area contributed by atoms with Gasteiger partial charge in [-0.05, 0) is 38.0 Å². The summed E-state index contributed by atoms with van der Waals surface area (Å²) in [6.07, 6.45) is 7.85. The Balaban J connectivity index is 2.06. The van der Waals surface area contributed by atoms with E-state index in [4.69, 9.17) is 0 Å². The van der Waals surface area contributed by atoms with Crippen LogP contribution in [-0.2, 0) is 4.79 Å². The van der Waals surface area contributed by atoms with Crippen molar-refractivity contribution < 1.29 is 9.90 Å². The Morgan fingerprint density at radius 3 is 3.08 bits per heavy atom. The normalized spacial score (nSPS) is 39.2. The second-order valence-corrected chi connectivity index (χ2v) is 4.28. The highest BCUT2D eigenvalue weighted by Gasteiger charge is 2.29. The molecular weight excluding hydrogens is 164 g/mol. The lowest BCUT2D eigenvalue weighted by Crippen LogP contribution is -2.25. The number of hydrogen-bond acceptors (Lipinski definition) is 2. The molecule has 0 aliphatic heterocycles. The quantitative estimate of drug-likeness (QED) is 0.492. The molecule has 2 aliphatic carbocycles. The summed E-state index contributed by atoms with van der Waals surface area (Å²) in [6.45, 7) is 0. The first-order valence-corrected chi connectivity index (χ1v) is 5.12. The van der Waals surface area contributed by atoms with Gasteiger partial charge >= 0.3 is 0 Å². The molecule has 2 heteroatoms. The van der Waals surface area contributed by atoms with Crippen molar-refractivity contribution in [3.63, 3.8) is 0 Å². The lowest BCUT2D eigenvalue weighted by atomic mass is 9.73. The highest BCUT2D eigenvalue weighted by Crippen LogP contribution is 2.38. The zero-order valence-corrected chi connectivity index (χ0v) is 7.78. The molecule has 0 bridgehead atoms. The average Bonchev–Trinajstić information content (AvgIpc) is 2.17. The van der Waals surface area contributed by atoms with Crippen molar-refractivity contribution in [2.24, 2.45) is 11.8 Å². The maximum absolute atomic E-state index is 10.6. The van der Waals surface area contributed by atoms with Gasteiger partial charge in [0.05, 0.1) is 6.10 Å². The Morgan fingerprint density at radius 2 is 2.31 bits per heavy atom. The lowest BCUT2D eigenvalue weighted by Gasteiger charge is -2.33. The molecule has 3 unspecified atom stereocenters. The van der Waals surface area contributed by atoms with E-state index in [-0.39, 0.29) is 12.0 Å². The number of aliphatic hydroxyl groups excluding tert-OH is 1. The molecular formula is C11H16O2. The third-order valence-electron chi connectivity index (χ3n) is 3.31. The maximum Gasteiger partial charge on any atom is 0.123 e. The summed E-state index contributed by atoms with van der Waals surface area (Å²) in [5.74, 6) is 0.817. The molecule has 0 spiro atoms. The van der Waals surface area contributed by atoms with E-state index in [0.29, 0.717) is 5.92 Å². The fraction of sp³-hybridized carbons (Fsp3) is 0.727. The molecule has 0 amide bonds. The van der Waals surface area contributed by atoms with E-state index in [9.17, 15) is 9.90 Å². The summed E-state index contributed by atoms with van der Waals surface area (Å²) in [5, 5.41) is 9.46. The van der Waals surface area contributed by atoms with E-state index >= 15 is 0 Å². The monoisotopic (exact) mass is 180 g/mol. The van der Waals surface area contributed by atoms with Gasteiger partial charge < -0.3 is 9.90 Å². The average molecular weight is 180 g/mol. The van der Waals surface area contributed by atoms with Crippen LogP contribution in [0.25, 0.3) is 0 Å². The zero-order chi connectivity index (χ0) is 9.26. The van der Waals surface area contributed by atoms with Gasteiger partial charge in [0.1, 0.15) is 6.29 Å². The van der Waals surface area contributed by atoms with E-state index in [1.165, 1.54) is 5.57 Å².